The Bertz CT molecular complexity index is 614. The number of hydrogen-bond donors (Lipinski definition) is 1. The van der Waals surface area contributed by atoms with E-state index in [-0.39, 0.29) is 19.0 Å². The molecule has 0 fully saturated rings. The second-order valence-electron chi connectivity index (χ2n) is 4.36. The van der Waals surface area contributed by atoms with Crippen LogP contribution in [0.1, 0.15) is 5.56 Å². The maximum Gasteiger partial charge on any atom is 0.245 e. The summed E-state index contributed by atoms with van der Waals surface area (Å²) in [5.41, 5.74) is 7.04. The van der Waals surface area contributed by atoms with Crippen LogP contribution < -0.4 is 5.73 Å². The van der Waals surface area contributed by atoms with Gasteiger partial charge in [0.15, 0.2) is 0 Å². The topological polar surface area (TPSA) is 87.9 Å². The Kier molecular flexibility index (Phi) is 4.35. The van der Waals surface area contributed by atoms with Gasteiger partial charge in [0, 0.05) is 12.7 Å². The Morgan fingerprint density at radius 3 is 2.75 bits per heavy atom. The lowest BCUT2D eigenvalue weighted by atomic mass is 10.2. The molecule has 0 saturated heterocycles. The number of anilines is 1. The number of benzene rings is 1. The number of amides is 1. The number of rotatable bonds is 5. The first-order valence-corrected chi connectivity index (χ1v) is 6.15. The first-order valence-electron chi connectivity index (χ1n) is 6.15. The standard InChI is InChI=1S/C14H15N5O/c15-6-7-18(9-12-4-2-1-3-5-12)14(20)11-19-10-13(16)8-17-19/h1-5,8,10H,7,9,11,16H2. The normalized spacial score (nSPS) is 9.95. The first kappa shape index (κ1) is 13.6. The van der Waals surface area contributed by atoms with Gasteiger partial charge in [-0.15, -0.1) is 0 Å². The Morgan fingerprint density at radius 2 is 2.15 bits per heavy atom. The lowest BCUT2D eigenvalue weighted by Gasteiger charge is -2.19. The van der Waals surface area contributed by atoms with Crippen LogP contribution in [0.3, 0.4) is 0 Å². The van der Waals surface area contributed by atoms with Crippen molar-refractivity contribution in [3.63, 3.8) is 0 Å². The summed E-state index contributed by atoms with van der Waals surface area (Å²) in [6, 6.07) is 11.6. The van der Waals surface area contributed by atoms with Crippen LogP contribution in [0, 0.1) is 11.3 Å². The van der Waals surface area contributed by atoms with E-state index in [0.717, 1.165) is 5.56 Å². The molecular weight excluding hydrogens is 254 g/mol. The first-order chi connectivity index (χ1) is 9.69. The van der Waals surface area contributed by atoms with E-state index in [9.17, 15) is 4.79 Å². The maximum atomic E-state index is 12.2. The predicted molar refractivity (Wildman–Crippen MR) is 74.1 cm³/mol. The van der Waals surface area contributed by atoms with Gasteiger partial charge in [-0.3, -0.25) is 9.48 Å². The average Bonchev–Trinajstić information content (AvgIpc) is 2.85. The van der Waals surface area contributed by atoms with Crippen molar-refractivity contribution in [3.8, 4) is 6.07 Å². The molecule has 0 spiro atoms. The largest absolute Gasteiger partial charge is 0.396 e. The van der Waals surface area contributed by atoms with Crippen molar-refractivity contribution in [3.05, 3.63) is 48.3 Å². The molecule has 0 aliphatic heterocycles. The fourth-order valence-corrected chi connectivity index (χ4v) is 1.83. The summed E-state index contributed by atoms with van der Waals surface area (Å²) >= 11 is 0. The third-order valence-electron chi connectivity index (χ3n) is 2.78. The minimum absolute atomic E-state index is 0.0461. The summed E-state index contributed by atoms with van der Waals surface area (Å²) in [7, 11) is 0. The van der Waals surface area contributed by atoms with Crippen molar-refractivity contribution in [1.82, 2.24) is 14.7 Å². The SMILES string of the molecule is N#CCN(Cc1ccccc1)C(=O)Cn1cc(N)cn1. The number of nitrogen functional groups attached to an aromatic ring is 1. The minimum Gasteiger partial charge on any atom is -0.396 e. The van der Waals surface area contributed by atoms with Gasteiger partial charge in [0.25, 0.3) is 0 Å². The summed E-state index contributed by atoms with van der Waals surface area (Å²) in [6.45, 7) is 0.528. The molecule has 0 aliphatic rings. The highest BCUT2D eigenvalue weighted by Crippen LogP contribution is 2.06. The molecule has 0 radical (unpaired) electrons. The number of nitrogens with two attached hydrogens (primary N) is 1. The van der Waals surface area contributed by atoms with Gasteiger partial charge in [0.1, 0.15) is 13.1 Å². The molecule has 1 heterocycles. The highest BCUT2D eigenvalue weighted by molar-refractivity contribution is 5.76. The molecule has 1 amide bonds. The van der Waals surface area contributed by atoms with E-state index in [1.54, 1.807) is 6.20 Å². The second-order valence-corrected chi connectivity index (χ2v) is 4.36. The molecular formula is C14H15N5O. The number of hydrogen-bond acceptors (Lipinski definition) is 4. The summed E-state index contributed by atoms with van der Waals surface area (Å²) in [4.78, 5) is 13.7. The number of nitrogens with zero attached hydrogens (tertiary/aromatic N) is 4. The van der Waals surface area contributed by atoms with Crippen LogP contribution in [-0.2, 0) is 17.9 Å². The van der Waals surface area contributed by atoms with Crippen LogP contribution in [0.2, 0.25) is 0 Å². The summed E-state index contributed by atoms with van der Waals surface area (Å²) < 4.78 is 1.47. The summed E-state index contributed by atoms with van der Waals surface area (Å²) in [6.07, 6.45) is 3.07. The van der Waals surface area contributed by atoms with E-state index in [2.05, 4.69) is 5.10 Å². The van der Waals surface area contributed by atoms with E-state index < -0.39 is 0 Å². The van der Waals surface area contributed by atoms with Crippen molar-refractivity contribution in [1.29, 1.82) is 5.26 Å². The highest BCUT2D eigenvalue weighted by Gasteiger charge is 2.14. The molecule has 2 aromatic rings. The molecule has 2 rings (SSSR count). The molecule has 0 unspecified atom stereocenters. The van der Waals surface area contributed by atoms with Crippen LogP contribution in [-0.4, -0.2) is 27.1 Å². The van der Waals surface area contributed by atoms with Gasteiger partial charge in [-0.25, -0.2) is 0 Å². The molecule has 6 nitrogen and oxygen atoms in total. The molecule has 1 aromatic heterocycles. The zero-order valence-corrected chi connectivity index (χ0v) is 10.9. The van der Waals surface area contributed by atoms with Crippen LogP contribution >= 0.6 is 0 Å². The number of carbonyl (C=O) groups is 1. The zero-order chi connectivity index (χ0) is 14.4. The van der Waals surface area contributed by atoms with Crippen molar-refractivity contribution in [2.75, 3.05) is 12.3 Å². The highest BCUT2D eigenvalue weighted by atomic mass is 16.2. The fourth-order valence-electron chi connectivity index (χ4n) is 1.83. The lowest BCUT2D eigenvalue weighted by Crippen LogP contribution is -2.33. The fraction of sp³-hybridized carbons (Fsp3) is 0.214. The quantitative estimate of drug-likeness (QED) is 0.821. The van der Waals surface area contributed by atoms with E-state index >= 15 is 0 Å². The van der Waals surface area contributed by atoms with Gasteiger partial charge in [-0.05, 0) is 5.56 Å². The average molecular weight is 269 g/mol. The molecule has 20 heavy (non-hydrogen) atoms. The molecule has 0 bridgehead atoms. The van der Waals surface area contributed by atoms with Crippen LogP contribution in [0.25, 0.3) is 0 Å². The van der Waals surface area contributed by atoms with Gasteiger partial charge in [-0.1, -0.05) is 30.3 Å². The number of aromatic nitrogens is 2. The molecule has 2 N–H and O–H groups in total. The van der Waals surface area contributed by atoms with Crippen LogP contribution in [0.5, 0.6) is 0 Å². The second kappa shape index (κ2) is 6.38. The van der Waals surface area contributed by atoms with Crippen molar-refractivity contribution in [2.45, 2.75) is 13.1 Å². The smallest absolute Gasteiger partial charge is 0.245 e. The van der Waals surface area contributed by atoms with Gasteiger partial charge in [-0.2, -0.15) is 10.4 Å². The van der Waals surface area contributed by atoms with Gasteiger partial charge >= 0.3 is 0 Å². The minimum atomic E-state index is -0.168. The third kappa shape index (κ3) is 3.59. The van der Waals surface area contributed by atoms with Crippen LogP contribution in [0.15, 0.2) is 42.7 Å². The molecule has 6 heteroatoms. The Labute approximate surface area is 117 Å². The van der Waals surface area contributed by atoms with Gasteiger partial charge in [0.2, 0.25) is 5.91 Å². The van der Waals surface area contributed by atoms with Crippen molar-refractivity contribution in [2.24, 2.45) is 0 Å². The van der Waals surface area contributed by atoms with Crippen LogP contribution in [0.4, 0.5) is 5.69 Å². The van der Waals surface area contributed by atoms with E-state index in [1.807, 2.05) is 36.4 Å². The molecule has 0 aliphatic carbocycles. The van der Waals surface area contributed by atoms with Gasteiger partial charge in [0.05, 0.1) is 18.0 Å². The Hall–Kier alpha value is -2.81. The number of carbonyl (C=O) groups excluding carboxylic acids is 1. The van der Waals surface area contributed by atoms with E-state index in [4.69, 9.17) is 11.0 Å². The Balaban J connectivity index is 2.04. The van der Waals surface area contributed by atoms with E-state index in [1.165, 1.54) is 15.8 Å². The number of nitriles is 1. The molecule has 0 atom stereocenters. The molecule has 102 valence electrons. The molecule has 1 aromatic carbocycles. The molecule has 0 saturated carbocycles. The monoisotopic (exact) mass is 269 g/mol. The predicted octanol–water partition coefficient (Wildman–Crippen LogP) is 1.02. The van der Waals surface area contributed by atoms with Crippen molar-refractivity contribution >= 4 is 11.6 Å². The summed E-state index contributed by atoms with van der Waals surface area (Å²) in [5, 5.41) is 12.8. The lowest BCUT2D eigenvalue weighted by molar-refractivity contribution is -0.132. The third-order valence-corrected chi connectivity index (χ3v) is 2.78. The van der Waals surface area contributed by atoms with E-state index in [0.29, 0.717) is 12.2 Å². The zero-order valence-electron chi connectivity index (χ0n) is 10.9. The Morgan fingerprint density at radius 1 is 1.40 bits per heavy atom. The van der Waals surface area contributed by atoms with Gasteiger partial charge < -0.3 is 10.6 Å². The maximum absolute atomic E-state index is 12.2. The van der Waals surface area contributed by atoms with Crippen molar-refractivity contribution < 1.29 is 4.79 Å². The summed E-state index contributed by atoms with van der Waals surface area (Å²) in [5.74, 6) is -0.168.